The van der Waals surface area contributed by atoms with Crippen LogP contribution in [-0.4, -0.2) is 34.1 Å². The Hall–Kier alpha value is -2.37. The summed E-state index contributed by atoms with van der Waals surface area (Å²) in [6.45, 7) is 3.69. The predicted molar refractivity (Wildman–Crippen MR) is 93.4 cm³/mol. The normalized spacial score (nSPS) is 18.8. The molecule has 5 heteroatoms. The molecule has 124 valence electrons. The second-order valence-electron chi connectivity index (χ2n) is 6.22. The number of nitrogens with one attached hydrogen (secondary N) is 1. The van der Waals surface area contributed by atoms with Gasteiger partial charge < -0.3 is 14.3 Å². The van der Waals surface area contributed by atoms with E-state index in [4.69, 9.17) is 4.42 Å². The van der Waals surface area contributed by atoms with Gasteiger partial charge in [-0.3, -0.25) is 4.90 Å². The van der Waals surface area contributed by atoms with Crippen molar-refractivity contribution in [1.82, 2.24) is 19.8 Å². The number of hydrogen-bond donors (Lipinski definition) is 1. The molecule has 1 aliphatic rings. The van der Waals surface area contributed by atoms with Crippen molar-refractivity contribution in [3.05, 3.63) is 66.4 Å². The fraction of sp³-hybridized carbons (Fsp3) is 0.316. The molecule has 3 heterocycles. The third-order valence-corrected chi connectivity index (χ3v) is 4.59. The number of hydrogen-bond acceptors (Lipinski definition) is 4. The average Bonchev–Trinajstić information content (AvgIpc) is 3.25. The molecule has 0 saturated carbocycles. The van der Waals surface area contributed by atoms with Crippen LogP contribution in [-0.2, 0) is 13.6 Å². The largest absolute Gasteiger partial charge is 0.460 e. The molecule has 3 aromatic rings. The van der Waals surface area contributed by atoms with Crippen molar-refractivity contribution in [3.8, 4) is 11.3 Å². The fourth-order valence-corrected chi connectivity index (χ4v) is 3.31. The van der Waals surface area contributed by atoms with Crippen molar-refractivity contribution in [1.29, 1.82) is 0 Å². The van der Waals surface area contributed by atoms with E-state index < -0.39 is 0 Å². The summed E-state index contributed by atoms with van der Waals surface area (Å²) < 4.78 is 8.18. The van der Waals surface area contributed by atoms with Gasteiger partial charge in [0, 0.05) is 44.6 Å². The van der Waals surface area contributed by atoms with Gasteiger partial charge in [-0.15, -0.1) is 0 Å². The Morgan fingerprint density at radius 2 is 2.08 bits per heavy atom. The van der Waals surface area contributed by atoms with Gasteiger partial charge in [-0.1, -0.05) is 30.3 Å². The van der Waals surface area contributed by atoms with Crippen LogP contribution in [0.15, 0.2) is 59.3 Å². The molecule has 1 fully saturated rings. The molecule has 1 atom stereocenters. The minimum absolute atomic E-state index is 0.268. The Bertz CT molecular complexity index is 793. The molecule has 2 aromatic heterocycles. The van der Waals surface area contributed by atoms with Crippen LogP contribution in [0, 0.1) is 0 Å². The SMILES string of the molecule is Cn1ccnc1C1CNCCN1Cc1ccc(-c2ccccc2)o1. The summed E-state index contributed by atoms with van der Waals surface area (Å²) in [6, 6.07) is 14.6. The number of rotatable bonds is 4. The lowest BCUT2D eigenvalue weighted by Crippen LogP contribution is -2.46. The van der Waals surface area contributed by atoms with Crippen molar-refractivity contribution < 1.29 is 4.42 Å². The maximum Gasteiger partial charge on any atom is 0.134 e. The van der Waals surface area contributed by atoms with Gasteiger partial charge >= 0.3 is 0 Å². The van der Waals surface area contributed by atoms with E-state index in [1.165, 1.54) is 0 Å². The summed E-state index contributed by atoms with van der Waals surface area (Å²) in [5.74, 6) is 3.02. The van der Waals surface area contributed by atoms with Crippen molar-refractivity contribution in [3.63, 3.8) is 0 Å². The third-order valence-electron chi connectivity index (χ3n) is 4.59. The van der Waals surface area contributed by atoms with Crippen LogP contribution < -0.4 is 5.32 Å². The maximum absolute atomic E-state index is 6.08. The van der Waals surface area contributed by atoms with Crippen molar-refractivity contribution in [2.45, 2.75) is 12.6 Å². The van der Waals surface area contributed by atoms with E-state index in [2.05, 4.69) is 51.1 Å². The Morgan fingerprint density at radius 3 is 2.88 bits per heavy atom. The van der Waals surface area contributed by atoms with Crippen molar-refractivity contribution >= 4 is 0 Å². The van der Waals surface area contributed by atoms with E-state index in [1.807, 2.05) is 30.6 Å². The number of benzene rings is 1. The molecule has 1 unspecified atom stereocenters. The van der Waals surface area contributed by atoms with E-state index in [1.54, 1.807) is 0 Å². The first-order valence-corrected chi connectivity index (χ1v) is 8.37. The van der Waals surface area contributed by atoms with Crippen molar-refractivity contribution in [2.24, 2.45) is 7.05 Å². The minimum Gasteiger partial charge on any atom is -0.460 e. The first kappa shape index (κ1) is 15.2. The quantitative estimate of drug-likeness (QED) is 0.802. The summed E-state index contributed by atoms with van der Waals surface area (Å²) in [6.07, 6.45) is 3.87. The van der Waals surface area contributed by atoms with Crippen LogP contribution in [0.3, 0.4) is 0 Å². The highest BCUT2D eigenvalue weighted by molar-refractivity contribution is 5.57. The highest BCUT2D eigenvalue weighted by Crippen LogP contribution is 2.26. The Balaban J connectivity index is 1.53. The van der Waals surface area contributed by atoms with E-state index in [0.717, 1.165) is 49.1 Å². The Labute approximate surface area is 141 Å². The lowest BCUT2D eigenvalue weighted by molar-refractivity contribution is 0.135. The lowest BCUT2D eigenvalue weighted by Gasteiger charge is -2.35. The molecule has 0 bridgehead atoms. The summed E-state index contributed by atoms with van der Waals surface area (Å²) in [5.41, 5.74) is 1.12. The zero-order valence-electron chi connectivity index (χ0n) is 13.9. The zero-order chi connectivity index (χ0) is 16.4. The molecule has 4 rings (SSSR count). The summed E-state index contributed by atoms with van der Waals surface area (Å²) >= 11 is 0. The summed E-state index contributed by atoms with van der Waals surface area (Å²) in [4.78, 5) is 6.97. The second-order valence-corrected chi connectivity index (χ2v) is 6.22. The highest BCUT2D eigenvalue weighted by atomic mass is 16.3. The van der Waals surface area contributed by atoms with Crippen LogP contribution >= 0.6 is 0 Å². The van der Waals surface area contributed by atoms with Gasteiger partial charge in [0.1, 0.15) is 17.3 Å². The van der Waals surface area contributed by atoms with Gasteiger partial charge in [0.05, 0.1) is 12.6 Å². The first-order chi connectivity index (χ1) is 11.8. The van der Waals surface area contributed by atoms with Crippen LogP contribution in [0.25, 0.3) is 11.3 Å². The first-order valence-electron chi connectivity index (χ1n) is 8.37. The van der Waals surface area contributed by atoms with Crippen LogP contribution in [0.2, 0.25) is 0 Å². The third kappa shape index (κ3) is 3.00. The number of aromatic nitrogens is 2. The standard InChI is InChI=1S/C19H22N4O/c1-22-11-10-21-19(22)17-13-20-9-12-23(17)14-16-7-8-18(24-16)15-5-3-2-4-6-15/h2-8,10-11,17,20H,9,12-14H2,1H3. The molecule has 0 aliphatic carbocycles. The average molecular weight is 322 g/mol. The van der Waals surface area contributed by atoms with Gasteiger partial charge in [-0.25, -0.2) is 4.98 Å². The molecule has 0 radical (unpaired) electrons. The molecular formula is C19H22N4O. The highest BCUT2D eigenvalue weighted by Gasteiger charge is 2.27. The van der Waals surface area contributed by atoms with E-state index in [9.17, 15) is 0 Å². The van der Waals surface area contributed by atoms with Crippen molar-refractivity contribution in [2.75, 3.05) is 19.6 Å². The van der Waals surface area contributed by atoms with E-state index in [0.29, 0.717) is 0 Å². The fourth-order valence-electron chi connectivity index (χ4n) is 3.31. The molecule has 1 aromatic carbocycles. The summed E-state index contributed by atoms with van der Waals surface area (Å²) in [7, 11) is 2.05. The van der Waals surface area contributed by atoms with Gasteiger partial charge in [0.25, 0.3) is 0 Å². The molecule has 1 saturated heterocycles. The Kier molecular flexibility index (Phi) is 4.19. The molecule has 24 heavy (non-hydrogen) atoms. The Morgan fingerprint density at radius 1 is 1.21 bits per heavy atom. The number of aryl methyl sites for hydroxylation is 1. The zero-order valence-corrected chi connectivity index (χ0v) is 13.9. The maximum atomic E-state index is 6.08. The number of nitrogens with zero attached hydrogens (tertiary/aromatic N) is 3. The minimum atomic E-state index is 0.268. The van der Waals surface area contributed by atoms with Gasteiger partial charge in [0.2, 0.25) is 0 Å². The molecule has 1 N–H and O–H groups in total. The van der Waals surface area contributed by atoms with Gasteiger partial charge in [-0.05, 0) is 12.1 Å². The molecule has 0 spiro atoms. The number of furan rings is 1. The molecule has 0 amide bonds. The topological polar surface area (TPSA) is 46.2 Å². The molecule has 1 aliphatic heterocycles. The predicted octanol–water partition coefficient (Wildman–Crippen LogP) is 2.83. The number of imidazole rings is 1. The van der Waals surface area contributed by atoms with E-state index >= 15 is 0 Å². The molecule has 5 nitrogen and oxygen atoms in total. The second kappa shape index (κ2) is 6.63. The van der Waals surface area contributed by atoms with E-state index in [-0.39, 0.29) is 6.04 Å². The summed E-state index contributed by atoms with van der Waals surface area (Å²) in [5, 5.41) is 3.47. The van der Waals surface area contributed by atoms with Crippen LogP contribution in [0.4, 0.5) is 0 Å². The lowest BCUT2D eigenvalue weighted by atomic mass is 10.1. The monoisotopic (exact) mass is 322 g/mol. The smallest absolute Gasteiger partial charge is 0.134 e. The molecular weight excluding hydrogens is 300 g/mol. The van der Waals surface area contributed by atoms with Crippen LogP contribution in [0.5, 0.6) is 0 Å². The number of piperazine rings is 1. The van der Waals surface area contributed by atoms with Gasteiger partial charge in [0.15, 0.2) is 0 Å². The van der Waals surface area contributed by atoms with Crippen LogP contribution in [0.1, 0.15) is 17.6 Å². The van der Waals surface area contributed by atoms with Gasteiger partial charge in [-0.2, -0.15) is 0 Å².